The number of hydrogen-bond donors (Lipinski definition) is 0. The van der Waals surface area contributed by atoms with Gasteiger partial charge in [-0.2, -0.15) is 0 Å². The molecule has 0 bridgehead atoms. The van der Waals surface area contributed by atoms with Crippen LogP contribution >= 0.6 is 0 Å². The Morgan fingerprint density at radius 3 is 1.09 bits per heavy atom. The van der Waals surface area contributed by atoms with Gasteiger partial charge in [0, 0.05) is 0 Å². The Kier molecular flexibility index (Phi) is 17.6. The minimum Gasteiger partial charge on any atom is -0.494 e. The van der Waals surface area contributed by atoms with Crippen LogP contribution in [0.5, 0.6) is 23.0 Å². The molecule has 0 spiro atoms. The first-order chi connectivity index (χ1) is 27.5. The number of ether oxygens (including phenoxy) is 4. The van der Waals surface area contributed by atoms with Crippen LogP contribution in [-0.4, -0.2) is 25.2 Å². The van der Waals surface area contributed by atoms with Crippen molar-refractivity contribution in [2.45, 2.75) is 104 Å². The molecule has 0 saturated carbocycles. The Hall–Kier alpha value is -5.36. The summed E-state index contributed by atoms with van der Waals surface area (Å²) < 4.78 is 23.0. The molecule has 6 heteroatoms. The Labute approximate surface area is 334 Å². The molecular weight excluding hydrogens is 697 g/mol. The maximum absolute atomic E-state index is 12.8. The molecule has 0 aliphatic rings. The van der Waals surface area contributed by atoms with Gasteiger partial charge < -0.3 is 18.9 Å². The van der Waals surface area contributed by atoms with Crippen molar-refractivity contribution in [3.05, 3.63) is 132 Å². The molecule has 5 aromatic carbocycles. The van der Waals surface area contributed by atoms with E-state index < -0.39 is 11.9 Å². The lowest BCUT2D eigenvalue weighted by atomic mass is 9.99. The van der Waals surface area contributed by atoms with E-state index in [1.165, 1.54) is 77.0 Å². The zero-order chi connectivity index (χ0) is 39.2. The second kappa shape index (κ2) is 23.5. The van der Waals surface area contributed by atoms with E-state index in [-0.39, 0.29) is 0 Å². The highest BCUT2D eigenvalue weighted by atomic mass is 16.5. The van der Waals surface area contributed by atoms with E-state index in [0.29, 0.717) is 35.8 Å². The van der Waals surface area contributed by atoms with Gasteiger partial charge in [-0.3, -0.25) is 0 Å². The zero-order valence-electron chi connectivity index (χ0n) is 33.3. The molecule has 5 aromatic rings. The molecule has 0 fully saturated rings. The van der Waals surface area contributed by atoms with Gasteiger partial charge in [0.15, 0.2) is 0 Å². The normalized spacial score (nSPS) is 10.9. The summed E-state index contributed by atoms with van der Waals surface area (Å²) in [5, 5.41) is 0. The predicted molar refractivity (Wildman–Crippen MR) is 227 cm³/mol. The molecule has 0 aliphatic carbocycles. The van der Waals surface area contributed by atoms with Crippen LogP contribution in [0.15, 0.2) is 121 Å². The Morgan fingerprint density at radius 1 is 0.375 bits per heavy atom. The van der Waals surface area contributed by atoms with Gasteiger partial charge in [-0.15, -0.1) is 0 Å². The second-order valence-corrected chi connectivity index (χ2v) is 14.4. The summed E-state index contributed by atoms with van der Waals surface area (Å²) in [5.41, 5.74) is 4.98. The summed E-state index contributed by atoms with van der Waals surface area (Å²) in [6, 6.07) is 37.5. The van der Waals surface area contributed by atoms with E-state index in [9.17, 15) is 9.59 Å². The first-order valence-corrected chi connectivity index (χ1v) is 20.7. The highest BCUT2D eigenvalue weighted by Gasteiger charge is 2.12. The minimum atomic E-state index is -0.413. The summed E-state index contributed by atoms with van der Waals surface area (Å²) in [5.74, 6) is 1.64. The van der Waals surface area contributed by atoms with Gasteiger partial charge in [-0.25, -0.2) is 9.59 Å². The van der Waals surface area contributed by atoms with E-state index in [0.717, 1.165) is 46.6 Å². The maximum Gasteiger partial charge on any atom is 0.343 e. The van der Waals surface area contributed by atoms with Crippen LogP contribution in [0.3, 0.4) is 0 Å². The third-order valence-corrected chi connectivity index (χ3v) is 9.87. The number of hydrogen-bond acceptors (Lipinski definition) is 6. The number of benzene rings is 5. The van der Waals surface area contributed by atoms with Gasteiger partial charge in [0.25, 0.3) is 0 Å². The van der Waals surface area contributed by atoms with Crippen molar-refractivity contribution in [1.82, 2.24) is 0 Å². The zero-order valence-corrected chi connectivity index (χ0v) is 33.3. The van der Waals surface area contributed by atoms with Crippen molar-refractivity contribution < 1.29 is 28.5 Å². The molecule has 56 heavy (non-hydrogen) atoms. The van der Waals surface area contributed by atoms with Gasteiger partial charge in [0.1, 0.15) is 23.0 Å². The fourth-order valence-corrected chi connectivity index (χ4v) is 6.51. The second-order valence-electron chi connectivity index (χ2n) is 14.4. The molecule has 0 N–H and O–H groups in total. The third kappa shape index (κ3) is 14.1. The molecular formula is C50H58O6. The summed E-state index contributed by atoms with van der Waals surface area (Å²) in [7, 11) is 0. The van der Waals surface area contributed by atoms with E-state index >= 15 is 0 Å². The average Bonchev–Trinajstić information content (AvgIpc) is 3.24. The largest absolute Gasteiger partial charge is 0.494 e. The van der Waals surface area contributed by atoms with Crippen LogP contribution in [0.25, 0.3) is 22.3 Å². The topological polar surface area (TPSA) is 71.1 Å². The molecule has 0 aromatic heterocycles. The van der Waals surface area contributed by atoms with Crippen molar-refractivity contribution in [2.75, 3.05) is 13.2 Å². The number of carbonyl (C=O) groups excluding carboxylic acids is 2. The quantitative estimate of drug-likeness (QED) is 0.0355. The van der Waals surface area contributed by atoms with Crippen molar-refractivity contribution in [3.63, 3.8) is 0 Å². The van der Waals surface area contributed by atoms with Crippen LogP contribution in [0.1, 0.15) is 124 Å². The molecule has 0 heterocycles. The fraction of sp³-hybridized carbons (Fsp3) is 0.360. The molecule has 294 valence electrons. The average molecular weight is 755 g/mol. The first kappa shape index (κ1) is 41.8. The van der Waals surface area contributed by atoms with Crippen LogP contribution in [0, 0.1) is 0 Å². The van der Waals surface area contributed by atoms with E-state index in [2.05, 4.69) is 19.9 Å². The summed E-state index contributed by atoms with van der Waals surface area (Å²) in [6.45, 7) is 5.84. The SMILES string of the molecule is CCCCCCCCCOc1ccc(C(=O)Oc2ccc(-c3cccc(-c4ccc(OC(=O)c5ccc(OCCCCCCCCC)cc5)cc4)c3)cc2)cc1. The molecule has 0 unspecified atom stereocenters. The van der Waals surface area contributed by atoms with Gasteiger partial charge in [0.05, 0.1) is 24.3 Å². The minimum absolute atomic E-state index is 0.413. The van der Waals surface area contributed by atoms with Gasteiger partial charge in [-0.1, -0.05) is 133 Å². The molecule has 0 atom stereocenters. The van der Waals surface area contributed by atoms with Crippen LogP contribution in [0.2, 0.25) is 0 Å². The summed E-state index contributed by atoms with van der Waals surface area (Å²) >= 11 is 0. The van der Waals surface area contributed by atoms with Crippen molar-refractivity contribution >= 4 is 11.9 Å². The fourth-order valence-electron chi connectivity index (χ4n) is 6.51. The number of esters is 2. The van der Waals surface area contributed by atoms with Gasteiger partial charge in [0.2, 0.25) is 0 Å². The molecule has 0 radical (unpaired) electrons. The van der Waals surface area contributed by atoms with Crippen LogP contribution in [0.4, 0.5) is 0 Å². The molecule has 5 rings (SSSR count). The number of rotatable bonds is 24. The van der Waals surface area contributed by atoms with Crippen molar-refractivity contribution in [2.24, 2.45) is 0 Å². The predicted octanol–water partition coefficient (Wildman–Crippen LogP) is 13.7. The van der Waals surface area contributed by atoms with Gasteiger partial charge >= 0.3 is 11.9 Å². The smallest absolute Gasteiger partial charge is 0.343 e. The lowest BCUT2D eigenvalue weighted by Gasteiger charge is -2.10. The Bertz CT molecular complexity index is 1740. The Morgan fingerprint density at radius 2 is 0.714 bits per heavy atom. The Balaban J connectivity index is 1.06. The third-order valence-electron chi connectivity index (χ3n) is 9.87. The monoisotopic (exact) mass is 754 g/mol. The summed E-state index contributed by atoms with van der Waals surface area (Å²) in [4.78, 5) is 25.7. The molecule has 6 nitrogen and oxygen atoms in total. The van der Waals surface area contributed by atoms with E-state index in [4.69, 9.17) is 18.9 Å². The first-order valence-electron chi connectivity index (χ1n) is 20.7. The highest BCUT2D eigenvalue weighted by Crippen LogP contribution is 2.29. The van der Waals surface area contributed by atoms with Crippen molar-refractivity contribution in [1.29, 1.82) is 0 Å². The lowest BCUT2D eigenvalue weighted by Crippen LogP contribution is -2.08. The van der Waals surface area contributed by atoms with Crippen LogP contribution < -0.4 is 18.9 Å². The number of unbranched alkanes of at least 4 members (excludes halogenated alkanes) is 12. The summed E-state index contributed by atoms with van der Waals surface area (Å²) in [6.07, 6.45) is 17.3. The standard InChI is InChI=1S/C50H58O6/c1-3-5-7-9-11-13-15-36-53-45-28-24-41(25-29-45)49(51)55-47-32-20-39(21-33-47)43-18-17-19-44(38-43)40-22-34-48(35-23-40)56-50(52)42-26-30-46(31-27-42)54-37-16-14-12-10-8-6-4-2/h17-35,38H,3-16,36-37H2,1-2H3. The van der Waals surface area contributed by atoms with Gasteiger partial charge in [-0.05, 0) is 114 Å². The van der Waals surface area contributed by atoms with E-state index in [1.54, 1.807) is 48.5 Å². The lowest BCUT2D eigenvalue weighted by molar-refractivity contribution is 0.0725. The van der Waals surface area contributed by atoms with Crippen LogP contribution in [-0.2, 0) is 0 Å². The highest BCUT2D eigenvalue weighted by molar-refractivity contribution is 5.92. The molecule has 0 amide bonds. The van der Waals surface area contributed by atoms with Crippen molar-refractivity contribution in [3.8, 4) is 45.3 Å². The maximum atomic E-state index is 12.8. The number of carbonyl (C=O) groups is 2. The molecule has 0 aliphatic heterocycles. The molecule has 0 saturated heterocycles. The van der Waals surface area contributed by atoms with E-state index in [1.807, 2.05) is 66.7 Å².